The summed E-state index contributed by atoms with van der Waals surface area (Å²) in [6, 6.07) is -0.0399. The molecule has 2 aliphatic rings. The SMILES string of the molecule is COC(=O)[C@@H]1C[C@@H](C2CCCCC2)CN1.Cl. The van der Waals surface area contributed by atoms with Crippen LogP contribution in [0.15, 0.2) is 0 Å². The van der Waals surface area contributed by atoms with E-state index in [9.17, 15) is 4.79 Å². The molecular weight excluding hydrogens is 226 g/mol. The van der Waals surface area contributed by atoms with Crippen LogP contribution in [-0.4, -0.2) is 25.7 Å². The van der Waals surface area contributed by atoms with Crippen LogP contribution in [0.1, 0.15) is 38.5 Å². The van der Waals surface area contributed by atoms with Gasteiger partial charge in [-0.1, -0.05) is 32.1 Å². The van der Waals surface area contributed by atoms with E-state index in [1.165, 1.54) is 39.2 Å². The first-order valence-corrected chi connectivity index (χ1v) is 6.12. The predicted molar refractivity (Wildman–Crippen MR) is 65.7 cm³/mol. The summed E-state index contributed by atoms with van der Waals surface area (Å²) in [5.74, 6) is 1.46. The average molecular weight is 248 g/mol. The largest absolute Gasteiger partial charge is 0.468 e. The highest BCUT2D eigenvalue weighted by molar-refractivity contribution is 5.85. The minimum absolute atomic E-state index is 0. The van der Waals surface area contributed by atoms with Crippen LogP contribution in [0.2, 0.25) is 0 Å². The van der Waals surface area contributed by atoms with Gasteiger partial charge in [0.2, 0.25) is 0 Å². The molecule has 0 aromatic rings. The van der Waals surface area contributed by atoms with Crippen LogP contribution in [0.5, 0.6) is 0 Å². The van der Waals surface area contributed by atoms with Gasteiger partial charge < -0.3 is 10.1 Å². The molecule has 16 heavy (non-hydrogen) atoms. The monoisotopic (exact) mass is 247 g/mol. The summed E-state index contributed by atoms with van der Waals surface area (Å²) in [6.45, 7) is 1.00. The maximum Gasteiger partial charge on any atom is 0.322 e. The highest BCUT2D eigenvalue weighted by Crippen LogP contribution is 2.34. The molecule has 1 saturated heterocycles. The predicted octanol–water partition coefficient (Wildman–Crippen LogP) is 2.14. The molecule has 1 aliphatic carbocycles. The van der Waals surface area contributed by atoms with Gasteiger partial charge >= 0.3 is 5.97 Å². The second kappa shape index (κ2) is 6.45. The Balaban J connectivity index is 0.00000128. The van der Waals surface area contributed by atoms with Gasteiger partial charge in [-0.15, -0.1) is 12.4 Å². The van der Waals surface area contributed by atoms with Crippen molar-refractivity contribution in [2.24, 2.45) is 11.8 Å². The molecule has 0 spiro atoms. The fourth-order valence-corrected chi connectivity index (χ4v) is 3.05. The normalized spacial score (nSPS) is 30.8. The number of methoxy groups -OCH3 is 1. The standard InChI is InChI=1S/C12H21NO2.ClH/c1-15-12(14)11-7-10(8-13-11)9-5-3-2-4-6-9;/h9-11,13H,2-8H2,1H3;1H/t10-,11+;/m1./s1. The van der Waals surface area contributed by atoms with Crippen LogP contribution in [0.3, 0.4) is 0 Å². The second-order valence-electron chi connectivity index (χ2n) is 4.88. The molecule has 2 rings (SSSR count). The van der Waals surface area contributed by atoms with E-state index in [1.54, 1.807) is 0 Å². The third-order valence-electron chi connectivity index (χ3n) is 3.97. The van der Waals surface area contributed by atoms with Gasteiger partial charge in [0, 0.05) is 0 Å². The summed E-state index contributed by atoms with van der Waals surface area (Å²) in [7, 11) is 1.47. The number of rotatable bonds is 2. The molecule has 1 N–H and O–H groups in total. The summed E-state index contributed by atoms with van der Waals surface area (Å²) < 4.78 is 4.77. The number of halogens is 1. The molecule has 0 unspecified atom stereocenters. The molecule has 0 bridgehead atoms. The fraction of sp³-hybridized carbons (Fsp3) is 0.917. The van der Waals surface area contributed by atoms with E-state index in [0.717, 1.165) is 18.9 Å². The molecule has 1 heterocycles. The Morgan fingerprint density at radius 1 is 1.19 bits per heavy atom. The number of hydrogen-bond donors (Lipinski definition) is 1. The number of nitrogens with one attached hydrogen (secondary N) is 1. The lowest BCUT2D eigenvalue weighted by atomic mass is 9.79. The molecule has 1 saturated carbocycles. The Kier molecular flexibility index (Phi) is 5.56. The highest BCUT2D eigenvalue weighted by Gasteiger charge is 2.34. The smallest absolute Gasteiger partial charge is 0.322 e. The molecular formula is C12H22ClNO2. The van der Waals surface area contributed by atoms with Crippen LogP contribution >= 0.6 is 12.4 Å². The number of carbonyl (C=O) groups is 1. The number of ether oxygens (including phenoxy) is 1. The first-order valence-electron chi connectivity index (χ1n) is 6.12. The molecule has 0 aromatic heterocycles. The van der Waals surface area contributed by atoms with Gasteiger partial charge in [-0.3, -0.25) is 4.79 Å². The minimum Gasteiger partial charge on any atom is -0.468 e. The van der Waals surface area contributed by atoms with Crippen LogP contribution in [0.25, 0.3) is 0 Å². The van der Waals surface area contributed by atoms with Crippen LogP contribution < -0.4 is 5.32 Å². The second-order valence-corrected chi connectivity index (χ2v) is 4.88. The molecule has 4 heteroatoms. The van der Waals surface area contributed by atoms with Crippen molar-refractivity contribution in [2.45, 2.75) is 44.6 Å². The highest BCUT2D eigenvalue weighted by atomic mass is 35.5. The zero-order valence-electron chi connectivity index (χ0n) is 9.91. The van der Waals surface area contributed by atoms with Crippen molar-refractivity contribution in [2.75, 3.05) is 13.7 Å². The maximum atomic E-state index is 11.4. The van der Waals surface area contributed by atoms with Crippen molar-refractivity contribution in [3.05, 3.63) is 0 Å². The van der Waals surface area contributed by atoms with Crippen molar-refractivity contribution >= 4 is 18.4 Å². The molecule has 2 fully saturated rings. The summed E-state index contributed by atoms with van der Waals surface area (Å²) in [4.78, 5) is 11.4. The number of esters is 1. The van der Waals surface area contributed by atoms with Crippen LogP contribution in [0.4, 0.5) is 0 Å². The van der Waals surface area contributed by atoms with E-state index >= 15 is 0 Å². The van der Waals surface area contributed by atoms with E-state index in [1.807, 2.05) is 0 Å². The van der Waals surface area contributed by atoms with Gasteiger partial charge in [0.15, 0.2) is 0 Å². The first-order chi connectivity index (χ1) is 7.31. The fourth-order valence-electron chi connectivity index (χ4n) is 3.05. The lowest BCUT2D eigenvalue weighted by molar-refractivity contribution is -0.142. The van der Waals surface area contributed by atoms with E-state index in [-0.39, 0.29) is 24.4 Å². The van der Waals surface area contributed by atoms with E-state index in [0.29, 0.717) is 5.92 Å². The molecule has 0 aromatic carbocycles. The summed E-state index contributed by atoms with van der Waals surface area (Å²) in [6.07, 6.45) is 7.86. The molecule has 1 aliphatic heterocycles. The molecule has 3 nitrogen and oxygen atoms in total. The van der Waals surface area contributed by atoms with Crippen LogP contribution in [0, 0.1) is 11.8 Å². The van der Waals surface area contributed by atoms with Gasteiger partial charge in [0.1, 0.15) is 6.04 Å². The Morgan fingerprint density at radius 3 is 2.50 bits per heavy atom. The zero-order valence-corrected chi connectivity index (χ0v) is 10.7. The molecule has 2 atom stereocenters. The van der Waals surface area contributed by atoms with Crippen molar-refractivity contribution in [3.8, 4) is 0 Å². The van der Waals surface area contributed by atoms with Crippen molar-refractivity contribution in [1.82, 2.24) is 5.32 Å². The maximum absolute atomic E-state index is 11.4. The number of hydrogen-bond acceptors (Lipinski definition) is 3. The van der Waals surface area contributed by atoms with Gasteiger partial charge in [-0.2, -0.15) is 0 Å². The van der Waals surface area contributed by atoms with E-state index in [4.69, 9.17) is 4.74 Å². The van der Waals surface area contributed by atoms with E-state index < -0.39 is 0 Å². The topological polar surface area (TPSA) is 38.3 Å². The molecule has 0 amide bonds. The lowest BCUT2D eigenvalue weighted by Gasteiger charge is -2.26. The van der Waals surface area contributed by atoms with E-state index in [2.05, 4.69) is 5.32 Å². The Bertz CT molecular complexity index is 229. The first kappa shape index (κ1) is 13.8. The third-order valence-corrected chi connectivity index (χ3v) is 3.97. The quantitative estimate of drug-likeness (QED) is 0.760. The van der Waals surface area contributed by atoms with Crippen molar-refractivity contribution < 1.29 is 9.53 Å². The molecule has 0 radical (unpaired) electrons. The minimum atomic E-state index is -0.0895. The summed E-state index contributed by atoms with van der Waals surface area (Å²) in [5.41, 5.74) is 0. The van der Waals surface area contributed by atoms with Gasteiger partial charge in [0.05, 0.1) is 7.11 Å². The Labute approximate surface area is 104 Å². The van der Waals surface area contributed by atoms with Gasteiger partial charge in [-0.05, 0) is 24.8 Å². The third kappa shape index (κ3) is 3.11. The Morgan fingerprint density at radius 2 is 1.88 bits per heavy atom. The summed E-state index contributed by atoms with van der Waals surface area (Å²) >= 11 is 0. The van der Waals surface area contributed by atoms with Gasteiger partial charge in [-0.25, -0.2) is 0 Å². The number of carbonyl (C=O) groups excluding carboxylic acids is 1. The Hall–Kier alpha value is -0.280. The van der Waals surface area contributed by atoms with Crippen molar-refractivity contribution in [1.29, 1.82) is 0 Å². The summed E-state index contributed by atoms with van der Waals surface area (Å²) in [5, 5.41) is 3.28. The van der Waals surface area contributed by atoms with Crippen LogP contribution in [-0.2, 0) is 9.53 Å². The lowest BCUT2D eigenvalue weighted by Crippen LogP contribution is -2.31. The average Bonchev–Trinajstić information content (AvgIpc) is 2.78. The van der Waals surface area contributed by atoms with Crippen molar-refractivity contribution in [3.63, 3.8) is 0 Å². The zero-order chi connectivity index (χ0) is 10.7. The van der Waals surface area contributed by atoms with Gasteiger partial charge in [0.25, 0.3) is 0 Å². The molecule has 94 valence electrons.